The van der Waals surface area contributed by atoms with Gasteiger partial charge in [-0.15, -0.1) is 0 Å². The van der Waals surface area contributed by atoms with E-state index in [9.17, 15) is 0 Å². The van der Waals surface area contributed by atoms with Gasteiger partial charge in [-0.2, -0.15) is 0 Å². The Morgan fingerprint density at radius 2 is 1.10 bits per heavy atom. The average Bonchev–Trinajstić information content (AvgIpc) is 1.92. The first-order valence-electron chi connectivity index (χ1n) is 4.80. The maximum Gasteiger partial charge on any atom is -0.0417 e. The molecule has 0 aromatic rings. The molecule has 0 bridgehead atoms. The second-order valence-electron chi connectivity index (χ2n) is 3.95. The second kappa shape index (κ2) is 4.00. The van der Waals surface area contributed by atoms with Gasteiger partial charge in [0, 0.05) is 0 Å². The monoisotopic (exact) mass is 140 g/mol. The molecule has 0 heteroatoms. The lowest BCUT2D eigenvalue weighted by Crippen LogP contribution is -2.09. The minimum Gasteiger partial charge on any atom is -0.0623 e. The third-order valence-electron chi connectivity index (χ3n) is 3.04. The summed E-state index contributed by atoms with van der Waals surface area (Å²) in [5.74, 6) is 1.97. The topological polar surface area (TPSA) is 0 Å². The maximum atomic E-state index is 2.41. The van der Waals surface area contributed by atoms with E-state index in [-0.39, 0.29) is 0 Å². The predicted octanol–water partition coefficient (Wildman–Crippen LogP) is 3.61. The highest BCUT2D eigenvalue weighted by Crippen LogP contribution is 2.26. The molecule has 0 aromatic heterocycles. The van der Waals surface area contributed by atoms with Crippen molar-refractivity contribution in [3.8, 4) is 0 Å². The van der Waals surface area contributed by atoms with Crippen molar-refractivity contribution in [1.29, 1.82) is 0 Å². The van der Waals surface area contributed by atoms with Gasteiger partial charge in [-0.3, -0.25) is 0 Å². The lowest BCUT2D eigenvalue weighted by Gasteiger charge is -2.22. The standard InChI is InChI=1S/C10H20/c1-9-7-5-3-4-6-8-10(9)2/h9-10H,3-8H2,1-2H3/t9-,10?/m1/s1. The molecule has 1 unspecified atom stereocenters. The van der Waals surface area contributed by atoms with E-state index in [1.54, 1.807) is 0 Å². The van der Waals surface area contributed by atoms with Crippen LogP contribution in [0, 0.1) is 11.8 Å². The Kier molecular flexibility index (Phi) is 3.24. The van der Waals surface area contributed by atoms with Crippen LogP contribution < -0.4 is 0 Å². The van der Waals surface area contributed by atoms with Crippen molar-refractivity contribution >= 4 is 0 Å². The first-order valence-corrected chi connectivity index (χ1v) is 4.80. The zero-order valence-electron chi connectivity index (χ0n) is 7.40. The van der Waals surface area contributed by atoms with Gasteiger partial charge < -0.3 is 0 Å². The third kappa shape index (κ3) is 2.32. The molecule has 1 aliphatic rings. The summed E-state index contributed by atoms with van der Waals surface area (Å²) in [6.45, 7) is 4.83. The fourth-order valence-corrected chi connectivity index (χ4v) is 1.86. The van der Waals surface area contributed by atoms with Gasteiger partial charge in [-0.05, 0) is 11.8 Å². The summed E-state index contributed by atoms with van der Waals surface area (Å²) < 4.78 is 0. The molecule has 0 amide bonds. The minimum absolute atomic E-state index is 0.986. The second-order valence-corrected chi connectivity index (χ2v) is 3.95. The van der Waals surface area contributed by atoms with Crippen molar-refractivity contribution in [1.82, 2.24) is 0 Å². The van der Waals surface area contributed by atoms with E-state index in [2.05, 4.69) is 13.8 Å². The summed E-state index contributed by atoms with van der Waals surface area (Å²) in [4.78, 5) is 0. The summed E-state index contributed by atoms with van der Waals surface area (Å²) in [6.07, 6.45) is 8.87. The number of rotatable bonds is 0. The smallest absolute Gasteiger partial charge is 0.0417 e. The van der Waals surface area contributed by atoms with E-state index >= 15 is 0 Å². The largest absolute Gasteiger partial charge is 0.0623 e. The summed E-state index contributed by atoms with van der Waals surface area (Å²) in [7, 11) is 0. The van der Waals surface area contributed by atoms with Gasteiger partial charge in [-0.1, -0.05) is 52.4 Å². The summed E-state index contributed by atoms with van der Waals surface area (Å²) in [5.41, 5.74) is 0. The fourth-order valence-electron chi connectivity index (χ4n) is 1.86. The van der Waals surface area contributed by atoms with Crippen LogP contribution in [-0.4, -0.2) is 0 Å². The molecule has 0 spiro atoms. The van der Waals surface area contributed by atoms with E-state index in [1.807, 2.05) is 0 Å². The van der Waals surface area contributed by atoms with Crippen molar-refractivity contribution in [2.45, 2.75) is 52.4 Å². The van der Waals surface area contributed by atoms with E-state index in [0.29, 0.717) is 0 Å². The normalized spacial score (nSPS) is 36.6. The Morgan fingerprint density at radius 1 is 0.700 bits per heavy atom. The van der Waals surface area contributed by atoms with Crippen molar-refractivity contribution in [3.05, 3.63) is 0 Å². The lowest BCUT2D eigenvalue weighted by atomic mass is 9.84. The van der Waals surface area contributed by atoms with Crippen LogP contribution >= 0.6 is 0 Å². The van der Waals surface area contributed by atoms with Crippen LogP contribution in [0.2, 0.25) is 0 Å². The van der Waals surface area contributed by atoms with Crippen molar-refractivity contribution in [2.24, 2.45) is 11.8 Å². The molecule has 0 saturated heterocycles. The van der Waals surface area contributed by atoms with E-state index in [0.717, 1.165) is 11.8 Å². The van der Waals surface area contributed by atoms with Crippen LogP contribution in [0.15, 0.2) is 0 Å². The van der Waals surface area contributed by atoms with Crippen molar-refractivity contribution in [3.63, 3.8) is 0 Å². The van der Waals surface area contributed by atoms with E-state index in [1.165, 1.54) is 38.5 Å². The molecule has 0 radical (unpaired) electrons. The number of hydrogen-bond acceptors (Lipinski definition) is 0. The van der Waals surface area contributed by atoms with Crippen molar-refractivity contribution < 1.29 is 0 Å². The fraction of sp³-hybridized carbons (Fsp3) is 1.00. The Balaban J connectivity index is 2.28. The Bertz CT molecular complexity index is 74.0. The number of hydrogen-bond donors (Lipinski definition) is 0. The van der Waals surface area contributed by atoms with Gasteiger partial charge in [0.25, 0.3) is 0 Å². The Labute approximate surface area is 65.0 Å². The van der Waals surface area contributed by atoms with Crippen LogP contribution in [0.3, 0.4) is 0 Å². The molecule has 1 aliphatic carbocycles. The van der Waals surface area contributed by atoms with Crippen LogP contribution in [0.25, 0.3) is 0 Å². The zero-order chi connectivity index (χ0) is 7.40. The zero-order valence-corrected chi connectivity index (χ0v) is 7.40. The van der Waals surface area contributed by atoms with Crippen LogP contribution in [0.5, 0.6) is 0 Å². The molecule has 60 valence electrons. The lowest BCUT2D eigenvalue weighted by molar-refractivity contribution is 0.301. The molecule has 10 heavy (non-hydrogen) atoms. The van der Waals surface area contributed by atoms with Crippen LogP contribution in [0.1, 0.15) is 52.4 Å². The van der Waals surface area contributed by atoms with Crippen LogP contribution in [0.4, 0.5) is 0 Å². The van der Waals surface area contributed by atoms with E-state index < -0.39 is 0 Å². The molecular weight excluding hydrogens is 120 g/mol. The maximum absolute atomic E-state index is 2.41. The molecule has 1 fully saturated rings. The third-order valence-corrected chi connectivity index (χ3v) is 3.04. The Morgan fingerprint density at radius 3 is 1.50 bits per heavy atom. The molecule has 1 saturated carbocycles. The highest BCUT2D eigenvalue weighted by Gasteiger charge is 2.13. The Hall–Kier alpha value is 0. The molecule has 0 nitrogen and oxygen atoms in total. The van der Waals surface area contributed by atoms with Gasteiger partial charge >= 0.3 is 0 Å². The highest BCUT2D eigenvalue weighted by molar-refractivity contribution is 4.65. The quantitative estimate of drug-likeness (QED) is 0.482. The van der Waals surface area contributed by atoms with Gasteiger partial charge in [-0.25, -0.2) is 0 Å². The van der Waals surface area contributed by atoms with Crippen LogP contribution in [-0.2, 0) is 0 Å². The molecular formula is C10H20. The predicted molar refractivity (Wildman–Crippen MR) is 46.0 cm³/mol. The molecule has 0 aromatic carbocycles. The molecule has 0 aliphatic heterocycles. The van der Waals surface area contributed by atoms with Crippen molar-refractivity contribution in [2.75, 3.05) is 0 Å². The first kappa shape index (κ1) is 8.10. The summed E-state index contributed by atoms with van der Waals surface area (Å²) >= 11 is 0. The van der Waals surface area contributed by atoms with Gasteiger partial charge in [0.15, 0.2) is 0 Å². The average molecular weight is 140 g/mol. The summed E-state index contributed by atoms with van der Waals surface area (Å²) in [6, 6.07) is 0. The molecule has 0 heterocycles. The van der Waals surface area contributed by atoms with Gasteiger partial charge in [0.2, 0.25) is 0 Å². The highest BCUT2D eigenvalue weighted by atomic mass is 14.2. The molecule has 0 N–H and O–H groups in total. The molecule has 1 rings (SSSR count). The first-order chi connectivity index (χ1) is 4.80. The SMILES string of the molecule is CC1CCCCCC[C@H]1C. The minimum atomic E-state index is 0.986. The van der Waals surface area contributed by atoms with E-state index in [4.69, 9.17) is 0 Å². The molecule has 2 atom stereocenters. The summed E-state index contributed by atoms with van der Waals surface area (Å²) in [5, 5.41) is 0. The van der Waals surface area contributed by atoms with Gasteiger partial charge in [0.1, 0.15) is 0 Å². The van der Waals surface area contributed by atoms with Gasteiger partial charge in [0.05, 0.1) is 0 Å².